The Morgan fingerprint density at radius 3 is 2.81 bits per heavy atom. The molecule has 0 fully saturated rings. The van der Waals surface area contributed by atoms with Crippen molar-refractivity contribution in [2.45, 2.75) is 52.6 Å². The summed E-state index contributed by atoms with van der Waals surface area (Å²) in [4.78, 5) is 29.0. The van der Waals surface area contributed by atoms with Gasteiger partial charge in [-0.2, -0.15) is 0 Å². The second kappa shape index (κ2) is 6.64. The van der Waals surface area contributed by atoms with Crippen molar-refractivity contribution in [3.63, 3.8) is 0 Å². The molecular formula is C20H24N6O. The first-order valence-corrected chi connectivity index (χ1v) is 9.33. The monoisotopic (exact) mass is 364 g/mol. The molecule has 3 aromatic rings. The summed E-state index contributed by atoms with van der Waals surface area (Å²) < 4.78 is 1.89. The quantitative estimate of drug-likeness (QED) is 0.739. The summed E-state index contributed by atoms with van der Waals surface area (Å²) in [6.45, 7) is 8.20. The van der Waals surface area contributed by atoms with Crippen LogP contribution >= 0.6 is 0 Å². The van der Waals surface area contributed by atoms with E-state index >= 15 is 0 Å². The molecule has 0 unspecified atom stereocenters. The number of hydrogen-bond donors (Lipinski definition) is 2. The van der Waals surface area contributed by atoms with Crippen molar-refractivity contribution in [3.8, 4) is 0 Å². The van der Waals surface area contributed by atoms with E-state index in [-0.39, 0.29) is 17.6 Å². The van der Waals surface area contributed by atoms with E-state index in [4.69, 9.17) is 0 Å². The lowest BCUT2D eigenvalue weighted by Gasteiger charge is -2.24. The molecule has 140 valence electrons. The third kappa shape index (κ3) is 2.93. The number of nitrogens with one attached hydrogen (secondary N) is 2. The molecule has 0 bridgehead atoms. The zero-order valence-electron chi connectivity index (χ0n) is 16.1. The summed E-state index contributed by atoms with van der Waals surface area (Å²) in [5.41, 5.74) is 3.59. The SMILES string of the molecule is CC1=c2c(cc([C@H](C)Nc3ncnc4nc[nH]c34)n(C(C)C)c2=O)=CCC1. The molecule has 0 saturated heterocycles. The first-order valence-electron chi connectivity index (χ1n) is 9.33. The summed E-state index contributed by atoms with van der Waals surface area (Å²) in [5.74, 6) is 0.678. The van der Waals surface area contributed by atoms with Crippen LogP contribution in [0.3, 0.4) is 0 Å². The topological polar surface area (TPSA) is 88.5 Å². The van der Waals surface area contributed by atoms with E-state index in [1.807, 2.05) is 25.3 Å². The highest BCUT2D eigenvalue weighted by Crippen LogP contribution is 2.22. The second-order valence-electron chi connectivity index (χ2n) is 7.38. The van der Waals surface area contributed by atoms with Gasteiger partial charge in [-0.15, -0.1) is 0 Å². The highest BCUT2D eigenvalue weighted by atomic mass is 16.1. The fourth-order valence-corrected chi connectivity index (χ4v) is 3.84. The fraction of sp³-hybridized carbons (Fsp3) is 0.400. The number of aromatic nitrogens is 5. The van der Waals surface area contributed by atoms with E-state index in [1.165, 1.54) is 11.9 Å². The number of H-pyrrole nitrogens is 1. The number of pyridine rings is 1. The summed E-state index contributed by atoms with van der Waals surface area (Å²) in [6.07, 6.45) is 7.19. The molecule has 0 aromatic carbocycles. The average molecular weight is 364 g/mol. The van der Waals surface area contributed by atoms with Crippen LogP contribution in [0.25, 0.3) is 22.8 Å². The van der Waals surface area contributed by atoms with Crippen molar-refractivity contribution >= 4 is 28.6 Å². The first kappa shape index (κ1) is 17.5. The average Bonchev–Trinajstić information content (AvgIpc) is 3.10. The summed E-state index contributed by atoms with van der Waals surface area (Å²) >= 11 is 0. The van der Waals surface area contributed by atoms with Crippen LogP contribution in [0, 0.1) is 0 Å². The van der Waals surface area contributed by atoms with Gasteiger partial charge >= 0.3 is 0 Å². The van der Waals surface area contributed by atoms with Crippen LogP contribution in [0.15, 0.2) is 23.5 Å². The number of imidazole rings is 1. The lowest BCUT2D eigenvalue weighted by molar-refractivity contribution is 0.532. The van der Waals surface area contributed by atoms with Crippen molar-refractivity contribution in [2.75, 3.05) is 5.32 Å². The predicted molar refractivity (Wildman–Crippen MR) is 107 cm³/mol. The Morgan fingerprint density at radius 2 is 2.04 bits per heavy atom. The van der Waals surface area contributed by atoms with Gasteiger partial charge in [0.1, 0.15) is 11.8 Å². The minimum atomic E-state index is -0.109. The molecule has 0 saturated carbocycles. The molecule has 3 heterocycles. The molecule has 4 rings (SSSR count). The molecule has 7 nitrogen and oxygen atoms in total. The second-order valence-corrected chi connectivity index (χ2v) is 7.38. The number of hydrogen-bond acceptors (Lipinski definition) is 5. The third-order valence-corrected chi connectivity index (χ3v) is 5.15. The zero-order valence-corrected chi connectivity index (χ0v) is 16.1. The largest absolute Gasteiger partial charge is 0.360 e. The summed E-state index contributed by atoms with van der Waals surface area (Å²) in [6, 6.07) is 2.10. The third-order valence-electron chi connectivity index (χ3n) is 5.15. The van der Waals surface area contributed by atoms with Crippen LogP contribution in [0.4, 0.5) is 5.82 Å². The van der Waals surface area contributed by atoms with Crippen LogP contribution in [-0.2, 0) is 0 Å². The molecule has 0 aliphatic heterocycles. The fourth-order valence-electron chi connectivity index (χ4n) is 3.84. The zero-order chi connectivity index (χ0) is 19.1. The molecule has 0 spiro atoms. The molecule has 2 N–H and O–H groups in total. The Hall–Kier alpha value is -2.96. The van der Waals surface area contributed by atoms with Crippen LogP contribution in [-0.4, -0.2) is 24.5 Å². The van der Waals surface area contributed by atoms with Crippen molar-refractivity contribution in [1.29, 1.82) is 0 Å². The van der Waals surface area contributed by atoms with E-state index in [2.05, 4.69) is 44.3 Å². The molecule has 7 heteroatoms. The predicted octanol–water partition coefficient (Wildman–Crippen LogP) is 2.01. The maximum atomic E-state index is 13.3. The molecular weight excluding hydrogens is 340 g/mol. The smallest absolute Gasteiger partial charge is 0.258 e. The van der Waals surface area contributed by atoms with Crippen molar-refractivity contribution < 1.29 is 0 Å². The molecule has 1 aliphatic rings. The standard InChI is InChI=1S/C20H24N6O/c1-11(2)26-15(8-14-7-5-6-12(3)16(14)20(26)27)13(4)25-19-17-18(22-9-21-17)23-10-24-19/h7-11,13H,5-6H2,1-4H3,(H2,21,22,23,24,25)/t13-/m0/s1. The van der Waals surface area contributed by atoms with Crippen molar-refractivity contribution in [3.05, 3.63) is 45.2 Å². The van der Waals surface area contributed by atoms with Gasteiger partial charge in [0.25, 0.3) is 5.56 Å². The lowest BCUT2D eigenvalue weighted by atomic mass is 10.00. The van der Waals surface area contributed by atoms with Crippen molar-refractivity contribution in [2.24, 2.45) is 0 Å². The Kier molecular flexibility index (Phi) is 4.30. The number of aromatic amines is 1. The molecule has 27 heavy (non-hydrogen) atoms. The van der Waals surface area contributed by atoms with E-state index in [0.29, 0.717) is 11.5 Å². The van der Waals surface area contributed by atoms with Gasteiger partial charge in [0.2, 0.25) is 0 Å². The lowest BCUT2D eigenvalue weighted by Crippen LogP contribution is -2.49. The maximum absolute atomic E-state index is 13.3. The Balaban J connectivity index is 1.86. The normalized spacial score (nSPS) is 14.9. The number of anilines is 1. The Morgan fingerprint density at radius 1 is 1.22 bits per heavy atom. The summed E-state index contributed by atoms with van der Waals surface area (Å²) in [5, 5.41) is 5.33. The number of rotatable bonds is 4. The van der Waals surface area contributed by atoms with E-state index < -0.39 is 0 Å². The highest BCUT2D eigenvalue weighted by molar-refractivity contribution is 5.82. The number of fused-ring (bicyclic) bond motifs is 2. The Bertz CT molecular complexity index is 1190. The van der Waals surface area contributed by atoms with Gasteiger partial charge in [-0.1, -0.05) is 11.6 Å². The minimum Gasteiger partial charge on any atom is -0.360 e. The molecule has 3 aromatic heterocycles. The van der Waals surface area contributed by atoms with Gasteiger partial charge in [-0.05, 0) is 51.8 Å². The van der Waals surface area contributed by atoms with Gasteiger partial charge < -0.3 is 14.9 Å². The Labute approximate surface area is 156 Å². The van der Waals surface area contributed by atoms with Crippen molar-refractivity contribution in [1.82, 2.24) is 24.5 Å². The first-order chi connectivity index (χ1) is 13.0. The number of nitrogens with zero attached hydrogens (tertiary/aromatic N) is 4. The minimum absolute atomic E-state index is 0.0642. The van der Waals surface area contributed by atoms with E-state index in [9.17, 15) is 4.79 Å². The van der Waals surface area contributed by atoms with Crippen LogP contribution in [0.5, 0.6) is 0 Å². The van der Waals surface area contributed by atoms with Gasteiger partial charge in [0, 0.05) is 17.0 Å². The van der Waals surface area contributed by atoms with Crippen LogP contribution in [0.1, 0.15) is 58.3 Å². The highest BCUT2D eigenvalue weighted by Gasteiger charge is 2.19. The maximum Gasteiger partial charge on any atom is 0.258 e. The van der Waals surface area contributed by atoms with Crippen LogP contribution in [0.2, 0.25) is 0 Å². The van der Waals surface area contributed by atoms with Crippen LogP contribution < -0.4 is 21.3 Å². The van der Waals surface area contributed by atoms with Gasteiger partial charge in [-0.3, -0.25) is 4.79 Å². The molecule has 0 radical (unpaired) electrons. The van der Waals surface area contributed by atoms with Gasteiger partial charge in [0.15, 0.2) is 11.5 Å². The van der Waals surface area contributed by atoms with Gasteiger partial charge in [0.05, 0.1) is 12.4 Å². The van der Waals surface area contributed by atoms with Gasteiger partial charge in [-0.25, -0.2) is 15.0 Å². The molecule has 1 atom stereocenters. The summed E-state index contributed by atoms with van der Waals surface area (Å²) in [7, 11) is 0. The van der Waals surface area contributed by atoms with E-state index in [0.717, 1.165) is 34.5 Å². The van der Waals surface area contributed by atoms with E-state index in [1.54, 1.807) is 6.33 Å². The molecule has 1 aliphatic carbocycles. The molecule has 0 amide bonds.